The number of rotatable bonds is 4. The van der Waals surface area contributed by atoms with Gasteiger partial charge in [-0.25, -0.2) is 0 Å². The van der Waals surface area contributed by atoms with Crippen molar-refractivity contribution in [3.8, 4) is 6.07 Å². The van der Waals surface area contributed by atoms with E-state index < -0.39 is 4.92 Å². The minimum absolute atomic E-state index is 0.0512. The van der Waals surface area contributed by atoms with Crippen molar-refractivity contribution < 1.29 is 4.92 Å². The summed E-state index contributed by atoms with van der Waals surface area (Å²) >= 11 is 6.04. The first kappa shape index (κ1) is 14.8. The Labute approximate surface area is 126 Å². The van der Waals surface area contributed by atoms with Gasteiger partial charge >= 0.3 is 0 Å². The van der Waals surface area contributed by atoms with E-state index in [4.69, 9.17) is 16.9 Å². The van der Waals surface area contributed by atoms with E-state index in [0.29, 0.717) is 11.3 Å². The molecule has 106 valence electrons. The minimum Gasteiger partial charge on any atom is -0.377 e. The van der Waals surface area contributed by atoms with Crippen LogP contribution in [0.2, 0.25) is 5.02 Å². The van der Waals surface area contributed by atoms with Gasteiger partial charge in [0.2, 0.25) is 0 Å². The van der Waals surface area contributed by atoms with Crippen molar-refractivity contribution in [3.05, 3.63) is 68.7 Å². The van der Waals surface area contributed by atoms with Crippen molar-refractivity contribution in [2.24, 2.45) is 0 Å². The summed E-state index contributed by atoms with van der Waals surface area (Å²) < 4.78 is 0. The number of nitro benzene ring substituents is 1. The molecule has 2 rings (SSSR count). The smallest absolute Gasteiger partial charge is 0.271 e. The van der Waals surface area contributed by atoms with Gasteiger partial charge in [0, 0.05) is 18.2 Å². The van der Waals surface area contributed by atoms with E-state index in [1.165, 1.54) is 12.1 Å². The lowest BCUT2D eigenvalue weighted by Gasteiger charge is -2.16. The molecule has 0 aliphatic rings. The fourth-order valence-corrected chi connectivity index (χ4v) is 2.16. The molecule has 0 aliphatic heterocycles. The van der Waals surface area contributed by atoms with Crippen molar-refractivity contribution in [1.82, 2.24) is 0 Å². The van der Waals surface area contributed by atoms with Crippen LogP contribution in [0.3, 0.4) is 0 Å². The van der Waals surface area contributed by atoms with Crippen molar-refractivity contribution >= 4 is 23.0 Å². The van der Waals surface area contributed by atoms with Crippen molar-refractivity contribution in [3.63, 3.8) is 0 Å². The second-order valence-electron chi connectivity index (χ2n) is 4.52. The topological polar surface area (TPSA) is 79.0 Å². The Morgan fingerprint density at radius 3 is 2.71 bits per heavy atom. The Balaban J connectivity index is 2.21. The lowest BCUT2D eigenvalue weighted by molar-refractivity contribution is -0.384. The number of non-ortho nitro benzene ring substituents is 1. The van der Waals surface area contributed by atoms with Gasteiger partial charge in [-0.05, 0) is 30.7 Å². The molecule has 1 unspecified atom stereocenters. The first-order valence-corrected chi connectivity index (χ1v) is 6.59. The zero-order valence-corrected chi connectivity index (χ0v) is 12.0. The van der Waals surface area contributed by atoms with Crippen LogP contribution in [-0.4, -0.2) is 4.92 Å². The van der Waals surface area contributed by atoms with E-state index in [0.717, 1.165) is 5.56 Å². The highest BCUT2D eigenvalue weighted by Crippen LogP contribution is 2.29. The third-order valence-corrected chi connectivity index (χ3v) is 3.36. The molecule has 0 saturated carbocycles. The van der Waals surface area contributed by atoms with E-state index in [1.54, 1.807) is 18.2 Å². The summed E-state index contributed by atoms with van der Waals surface area (Å²) in [5.41, 5.74) is 2.07. The van der Waals surface area contributed by atoms with Gasteiger partial charge in [0.1, 0.15) is 0 Å². The molecule has 0 bridgehead atoms. The number of nitrogens with one attached hydrogen (secondary N) is 1. The highest BCUT2D eigenvalue weighted by atomic mass is 35.5. The summed E-state index contributed by atoms with van der Waals surface area (Å²) in [4.78, 5) is 10.2. The zero-order valence-electron chi connectivity index (χ0n) is 11.2. The summed E-state index contributed by atoms with van der Waals surface area (Å²) in [6.45, 7) is 1.92. The molecular formula is C15H12ClN3O2. The van der Waals surface area contributed by atoms with Gasteiger partial charge in [0.15, 0.2) is 0 Å². The molecule has 5 nitrogen and oxygen atoms in total. The van der Waals surface area contributed by atoms with Crippen LogP contribution in [0.25, 0.3) is 0 Å². The molecule has 0 aromatic heterocycles. The second-order valence-corrected chi connectivity index (χ2v) is 4.93. The molecule has 2 aromatic carbocycles. The number of benzene rings is 2. The highest BCUT2D eigenvalue weighted by Gasteiger charge is 2.12. The minimum atomic E-state index is -0.491. The van der Waals surface area contributed by atoms with Crippen molar-refractivity contribution in [2.75, 3.05) is 5.32 Å². The Morgan fingerprint density at radius 1 is 1.33 bits per heavy atom. The molecule has 6 heteroatoms. The summed E-state index contributed by atoms with van der Waals surface area (Å²) in [5, 5.41) is 23.0. The van der Waals surface area contributed by atoms with E-state index in [-0.39, 0.29) is 16.8 Å². The number of hydrogen-bond donors (Lipinski definition) is 1. The van der Waals surface area contributed by atoms with Crippen molar-refractivity contribution in [1.29, 1.82) is 5.26 Å². The van der Waals surface area contributed by atoms with Crippen LogP contribution in [0.1, 0.15) is 24.1 Å². The van der Waals surface area contributed by atoms with Crippen LogP contribution in [0.4, 0.5) is 11.4 Å². The molecule has 0 aliphatic carbocycles. The fraction of sp³-hybridized carbons (Fsp3) is 0.133. The largest absolute Gasteiger partial charge is 0.377 e. The third-order valence-electron chi connectivity index (χ3n) is 3.05. The van der Waals surface area contributed by atoms with Crippen LogP contribution >= 0.6 is 11.6 Å². The van der Waals surface area contributed by atoms with Gasteiger partial charge in [-0.1, -0.05) is 23.7 Å². The number of nitrogens with zero attached hydrogens (tertiary/aromatic N) is 2. The molecule has 0 amide bonds. The lowest BCUT2D eigenvalue weighted by Crippen LogP contribution is -2.07. The zero-order chi connectivity index (χ0) is 15.4. The molecule has 0 heterocycles. The van der Waals surface area contributed by atoms with E-state index >= 15 is 0 Å². The number of halogens is 1. The average Bonchev–Trinajstić information content (AvgIpc) is 2.49. The second kappa shape index (κ2) is 6.25. The van der Waals surface area contributed by atoms with Crippen molar-refractivity contribution in [2.45, 2.75) is 13.0 Å². The van der Waals surface area contributed by atoms with Crippen LogP contribution in [0.5, 0.6) is 0 Å². The number of hydrogen-bond acceptors (Lipinski definition) is 4. The van der Waals surface area contributed by atoms with Gasteiger partial charge in [0.05, 0.1) is 27.3 Å². The van der Waals surface area contributed by atoms with E-state index in [1.807, 2.05) is 19.1 Å². The lowest BCUT2D eigenvalue weighted by atomic mass is 10.1. The molecule has 21 heavy (non-hydrogen) atoms. The third kappa shape index (κ3) is 3.50. The van der Waals surface area contributed by atoms with Crippen LogP contribution in [-0.2, 0) is 0 Å². The Bertz CT molecular complexity index is 725. The molecular weight excluding hydrogens is 290 g/mol. The van der Waals surface area contributed by atoms with Gasteiger partial charge in [0.25, 0.3) is 5.69 Å². The SMILES string of the molecule is CC(Nc1ccc([N+](=O)[O-])cc1Cl)c1cccc(C#N)c1. The van der Waals surface area contributed by atoms with Gasteiger partial charge in [-0.2, -0.15) is 5.26 Å². The summed E-state index contributed by atoms with van der Waals surface area (Å²) in [6.07, 6.45) is 0. The summed E-state index contributed by atoms with van der Waals surface area (Å²) in [6, 6.07) is 13.5. The van der Waals surface area contributed by atoms with Gasteiger partial charge in [-0.3, -0.25) is 10.1 Å². The summed E-state index contributed by atoms with van der Waals surface area (Å²) in [7, 11) is 0. The van der Waals surface area contributed by atoms with Crippen LogP contribution < -0.4 is 5.32 Å². The first-order chi connectivity index (χ1) is 10.0. The highest BCUT2D eigenvalue weighted by molar-refractivity contribution is 6.33. The quantitative estimate of drug-likeness (QED) is 0.674. The Hall–Kier alpha value is -2.58. The first-order valence-electron chi connectivity index (χ1n) is 6.22. The molecule has 0 fully saturated rings. The van der Waals surface area contributed by atoms with E-state index in [2.05, 4.69) is 11.4 Å². The predicted octanol–water partition coefficient (Wildman–Crippen LogP) is 4.29. The molecule has 0 radical (unpaired) electrons. The van der Waals surface area contributed by atoms with Gasteiger partial charge < -0.3 is 5.32 Å². The number of anilines is 1. The standard InChI is InChI=1S/C15H12ClN3O2/c1-10(12-4-2-3-11(7-12)9-17)18-15-6-5-13(19(20)21)8-14(15)16/h2-8,10,18H,1H3. The number of nitro groups is 1. The maximum Gasteiger partial charge on any atom is 0.271 e. The van der Waals surface area contributed by atoms with Gasteiger partial charge in [-0.15, -0.1) is 0 Å². The maximum absolute atomic E-state index is 10.7. The molecule has 1 atom stereocenters. The molecule has 0 saturated heterocycles. The Morgan fingerprint density at radius 2 is 2.10 bits per heavy atom. The van der Waals surface area contributed by atoms with Crippen LogP contribution in [0, 0.1) is 21.4 Å². The molecule has 1 N–H and O–H groups in total. The molecule has 0 spiro atoms. The monoisotopic (exact) mass is 301 g/mol. The van der Waals surface area contributed by atoms with E-state index in [9.17, 15) is 10.1 Å². The fourth-order valence-electron chi connectivity index (χ4n) is 1.93. The Kier molecular flexibility index (Phi) is 4.41. The summed E-state index contributed by atoms with van der Waals surface area (Å²) in [5.74, 6) is 0. The van der Waals surface area contributed by atoms with Crippen LogP contribution in [0.15, 0.2) is 42.5 Å². The average molecular weight is 302 g/mol. The maximum atomic E-state index is 10.7. The predicted molar refractivity (Wildman–Crippen MR) is 81.3 cm³/mol. The normalized spacial score (nSPS) is 11.5. The number of nitriles is 1. The molecule has 2 aromatic rings.